The zero-order chi connectivity index (χ0) is 34.1. The Morgan fingerprint density at radius 1 is 0.917 bits per heavy atom. The SMILES string of the molecule is COCC1NC(=O)C(CC(=O)N(CCO)Cc2ccccc2)CC=CCC(NC(=O)OCc2ccccc2)C(=O)OC1c1ccccc1. The number of methoxy groups -OCH3 is 1. The molecule has 0 aromatic heterocycles. The van der Waals surface area contributed by atoms with Crippen LogP contribution in [0.3, 0.4) is 0 Å². The van der Waals surface area contributed by atoms with E-state index in [1.807, 2.05) is 66.7 Å². The van der Waals surface area contributed by atoms with Crippen molar-refractivity contribution in [2.24, 2.45) is 5.92 Å². The standard InChI is InChI=1S/C37H43N3O8/c1-46-26-32-34(29-17-9-4-10-18-29)48-36(44)31(39-37(45)47-25-28-15-7-3-8-16-28)20-12-11-19-30(35(43)38-32)23-33(42)40(21-22-41)24-27-13-5-2-6-14-27/h2-18,30-32,34,41H,19-26H2,1H3,(H,38,43)(H,39,45). The monoisotopic (exact) mass is 657 g/mol. The number of nitrogens with one attached hydrogen (secondary N) is 2. The van der Waals surface area contributed by atoms with Gasteiger partial charge in [0.15, 0.2) is 0 Å². The summed E-state index contributed by atoms with van der Waals surface area (Å²) in [5.74, 6) is -2.19. The Labute approximate surface area is 280 Å². The van der Waals surface area contributed by atoms with Crippen LogP contribution in [0.1, 0.15) is 42.1 Å². The van der Waals surface area contributed by atoms with E-state index in [1.165, 1.54) is 12.0 Å². The fraction of sp³-hybridized carbons (Fsp3) is 0.351. The Balaban J connectivity index is 1.58. The van der Waals surface area contributed by atoms with Gasteiger partial charge in [-0.05, 0) is 29.5 Å². The van der Waals surface area contributed by atoms with Gasteiger partial charge in [-0.25, -0.2) is 9.59 Å². The van der Waals surface area contributed by atoms with E-state index in [0.29, 0.717) is 5.56 Å². The second-order valence-corrected chi connectivity index (χ2v) is 11.5. The number of carbonyl (C=O) groups excluding carboxylic acids is 4. The second kappa shape index (κ2) is 19.0. The third-order valence-electron chi connectivity index (χ3n) is 7.89. The lowest BCUT2D eigenvalue weighted by Gasteiger charge is -2.31. The van der Waals surface area contributed by atoms with Crippen molar-refractivity contribution >= 4 is 23.9 Å². The Hall–Kier alpha value is -5.00. The van der Waals surface area contributed by atoms with Crippen molar-refractivity contribution in [2.75, 3.05) is 26.9 Å². The molecule has 0 saturated heterocycles. The highest BCUT2D eigenvalue weighted by Gasteiger charge is 2.34. The molecule has 3 N–H and O–H groups in total. The first-order valence-corrected chi connectivity index (χ1v) is 16.0. The van der Waals surface area contributed by atoms with E-state index in [2.05, 4.69) is 10.6 Å². The number of hydrogen-bond acceptors (Lipinski definition) is 8. The predicted octanol–water partition coefficient (Wildman–Crippen LogP) is 4.07. The minimum absolute atomic E-state index is 0.00303. The first-order chi connectivity index (χ1) is 23.4. The summed E-state index contributed by atoms with van der Waals surface area (Å²) in [7, 11) is 1.47. The number of ether oxygens (including phenoxy) is 3. The Bertz CT molecular complexity index is 1490. The molecule has 4 atom stereocenters. The van der Waals surface area contributed by atoms with Gasteiger partial charge in [0.05, 0.1) is 25.2 Å². The molecular formula is C37H43N3O8. The lowest BCUT2D eigenvalue weighted by Crippen LogP contribution is -2.49. The van der Waals surface area contributed by atoms with E-state index in [0.717, 1.165) is 11.1 Å². The highest BCUT2D eigenvalue weighted by Crippen LogP contribution is 2.25. The number of aliphatic hydroxyl groups is 1. The van der Waals surface area contributed by atoms with Gasteiger partial charge in [0.25, 0.3) is 0 Å². The Morgan fingerprint density at radius 3 is 2.19 bits per heavy atom. The van der Waals surface area contributed by atoms with Crippen LogP contribution in [0.5, 0.6) is 0 Å². The number of nitrogens with zero attached hydrogens (tertiary/aromatic N) is 1. The van der Waals surface area contributed by atoms with Crippen molar-refractivity contribution in [1.29, 1.82) is 0 Å². The maximum absolute atomic E-state index is 13.8. The average molecular weight is 658 g/mol. The van der Waals surface area contributed by atoms with Crippen molar-refractivity contribution in [3.63, 3.8) is 0 Å². The van der Waals surface area contributed by atoms with Crippen molar-refractivity contribution in [2.45, 2.75) is 50.6 Å². The van der Waals surface area contributed by atoms with Crippen molar-refractivity contribution in [1.82, 2.24) is 15.5 Å². The summed E-state index contributed by atoms with van der Waals surface area (Å²) in [5.41, 5.74) is 2.30. The molecule has 254 valence electrons. The molecule has 0 bridgehead atoms. The smallest absolute Gasteiger partial charge is 0.408 e. The summed E-state index contributed by atoms with van der Waals surface area (Å²) in [6, 6.07) is 25.6. The fourth-order valence-corrected chi connectivity index (χ4v) is 5.37. The summed E-state index contributed by atoms with van der Waals surface area (Å²) in [4.78, 5) is 55.3. The minimum Gasteiger partial charge on any atom is -0.454 e. The van der Waals surface area contributed by atoms with Crippen molar-refractivity contribution in [3.05, 3.63) is 120 Å². The lowest BCUT2D eigenvalue weighted by atomic mass is 9.96. The van der Waals surface area contributed by atoms with E-state index >= 15 is 0 Å². The van der Waals surface area contributed by atoms with Crippen LogP contribution in [0.4, 0.5) is 4.79 Å². The molecule has 4 rings (SSSR count). The topological polar surface area (TPSA) is 144 Å². The highest BCUT2D eigenvalue weighted by molar-refractivity contribution is 5.86. The summed E-state index contributed by atoms with van der Waals surface area (Å²) in [5, 5.41) is 15.3. The van der Waals surface area contributed by atoms with Gasteiger partial charge in [0.1, 0.15) is 18.8 Å². The highest BCUT2D eigenvalue weighted by atomic mass is 16.6. The molecule has 1 heterocycles. The summed E-state index contributed by atoms with van der Waals surface area (Å²) >= 11 is 0. The third kappa shape index (κ3) is 11.1. The van der Waals surface area contributed by atoms with Gasteiger partial charge in [-0.3, -0.25) is 9.59 Å². The molecule has 3 aromatic carbocycles. The largest absolute Gasteiger partial charge is 0.454 e. The first kappa shape index (κ1) is 35.8. The summed E-state index contributed by atoms with van der Waals surface area (Å²) < 4.78 is 16.8. The number of alkyl carbamates (subject to hydrolysis) is 1. The van der Waals surface area contributed by atoms with Crippen LogP contribution >= 0.6 is 0 Å². The van der Waals surface area contributed by atoms with E-state index < -0.39 is 42.1 Å². The van der Waals surface area contributed by atoms with E-state index in [-0.39, 0.29) is 58.1 Å². The van der Waals surface area contributed by atoms with Gasteiger partial charge in [-0.2, -0.15) is 0 Å². The van der Waals surface area contributed by atoms with Gasteiger partial charge in [-0.15, -0.1) is 0 Å². The molecule has 3 amide bonds. The third-order valence-corrected chi connectivity index (χ3v) is 7.89. The fourth-order valence-electron chi connectivity index (χ4n) is 5.37. The van der Waals surface area contributed by atoms with Crippen LogP contribution in [-0.4, -0.2) is 72.8 Å². The normalized spacial score (nSPS) is 20.0. The summed E-state index contributed by atoms with van der Waals surface area (Å²) in [6.07, 6.45) is 1.75. The molecule has 11 heteroatoms. The second-order valence-electron chi connectivity index (χ2n) is 11.5. The molecule has 1 aliphatic rings. The minimum atomic E-state index is -1.10. The molecule has 11 nitrogen and oxygen atoms in total. The Kier molecular flexibility index (Phi) is 14.2. The number of esters is 1. The van der Waals surface area contributed by atoms with Crippen LogP contribution < -0.4 is 10.6 Å². The molecule has 1 aliphatic heterocycles. The number of hydrogen-bond donors (Lipinski definition) is 3. The molecule has 0 radical (unpaired) electrons. The van der Waals surface area contributed by atoms with E-state index in [4.69, 9.17) is 14.2 Å². The molecule has 0 aliphatic carbocycles. The van der Waals surface area contributed by atoms with Gasteiger partial charge in [0, 0.05) is 26.6 Å². The van der Waals surface area contributed by atoms with Crippen LogP contribution in [0.25, 0.3) is 0 Å². The lowest BCUT2D eigenvalue weighted by molar-refractivity contribution is -0.155. The van der Waals surface area contributed by atoms with E-state index in [1.54, 1.807) is 36.4 Å². The molecule has 3 aromatic rings. The number of aliphatic hydroxyl groups excluding tert-OH is 1. The zero-order valence-electron chi connectivity index (χ0n) is 27.0. The molecular weight excluding hydrogens is 614 g/mol. The zero-order valence-corrected chi connectivity index (χ0v) is 27.0. The van der Waals surface area contributed by atoms with E-state index in [9.17, 15) is 24.3 Å². The van der Waals surface area contributed by atoms with Gasteiger partial charge in [-0.1, -0.05) is 103 Å². The van der Waals surface area contributed by atoms with Crippen LogP contribution in [0, 0.1) is 5.92 Å². The maximum Gasteiger partial charge on any atom is 0.408 e. The van der Waals surface area contributed by atoms with Crippen molar-refractivity contribution in [3.8, 4) is 0 Å². The van der Waals surface area contributed by atoms with Crippen LogP contribution in [0.2, 0.25) is 0 Å². The number of rotatable bonds is 12. The van der Waals surface area contributed by atoms with Gasteiger partial charge < -0.3 is 34.9 Å². The van der Waals surface area contributed by atoms with Crippen LogP contribution in [0.15, 0.2) is 103 Å². The quantitative estimate of drug-likeness (QED) is 0.195. The van der Waals surface area contributed by atoms with Gasteiger partial charge in [0.2, 0.25) is 11.8 Å². The molecule has 4 unspecified atom stereocenters. The summed E-state index contributed by atoms with van der Waals surface area (Å²) in [6.45, 7) is 0.195. The first-order valence-electron chi connectivity index (χ1n) is 16.0. The molecule has 0 spiro atoms. The molecule has 0 fully saturated rings. The van der Waals surface area contributed by atoms with Crippen molar-refractivity contribution < 1.29 is 38.5 Å². The van der Waals surface area contributed by atoms with Gasteiger partial charge >= 0.3 is 12.1 Å². The number of benzene rings is 3. The predicted molar refractivity (Wildman–Crippen MR) is 178 cm³/mol. The number of carbonyl (C=O) groups is 4. The Morgan fingerprint density at radius 2 is 1.54 bits per heavy atom. The number of cyclic esters (lactones) is 1. The number of allylic oxidation sites excluding steroid dienone is 1. The molecule has 48 heavy (non-hydrogen) atoms. The molecule has 0 saturated carbocycles. The number of amides is 3. The van der Waals surface area contributed by atoms with Crippen LogP contribution in [-0.2, 0) is 41.7 Å². The maximum atomic E-state index is 13.8. The average Bonchev–Trinajstić information content (AvgIpc) is 3.10.